The van der Waals surface area contributed by atoms with Crippen LogP contribution < -0.4 is 0 Å². The Balaban J connectivity index is 2.27. The summed E-state index contributed by atoms with van der Waals surface area (Å²) in [5, 5.41) is 14.4. The third-order valence-electron chi connectivity index (χ3n) is 3.35. The Hall–Kier alpha value is -2.50. The molecular weight excluding hydrogens is 258 g/mol. The zero-order chi connectivity index (χ0) is 14.9. The molecule has 0 saturated carbocycles. The molecule has 0 bridgehead atoms. The molecule has 0 saturated heterocycles. The second-order valence-corrected chi connectivity index (χ2v) is 4.75. The van der Waals surface area contributed by atoms with Crippen LogP contribution in [0.5, 0.6) is 0 Å². The van der Waals surface area contributed by atoms with Gasteiger partial charge in [-0.2, -0.15) is 4.68 Å². The number of hydrogen-bond acceptors (Lipinski definition) is 4. The lowest BCUT2D eigenvalue weighted by atomic mass is 10.0. The highest BCUT2D eigenvalue weighted by atomic mass is 16.6. The summed E-state index contributed by atoms with van der Waals surface area (Å²) >= 11 is 0. The minimum Gasteiger partial charge on any atom is -0.358 e. The number of carbonyl (C=O) groups excluding carboxylic acids is 1. The molecule has 1 aromatic heterocycles. The van der Waals surface area contributed by atoms with Gasteiger partial charge < -0.3 is 10.1 Å². The van der Waals surface area contributed by atoms with Crippen LogP contribution in [0.4, 0.5) is 5.82 Å². The van der Waals surface area contributed by atoms with E-state index in [1.165, 1.54) is 16.9 Å². The lowest BCUT2D eigenvalue weighted by Gasteiger charge is -2.09. The van der Waals surface area contributed by atoms with E-state index in [9.17, 15) is 14.9 Å². The lowest BCUT2D eigenvalue weighted by molar-refractivity contribution is -0.389. The monoisotopic (exact) mass is 273 g/mol. The Morgan fingerprint density at radius 1 is 1.30 bits per heavy atom. The number of rotatable bonds is 4. The van der Waals surface area contributed by atoms with E-state index in [0.29, 0.717) is 5.56 Å². The lowest BCUT2D eigenvalue weighted by Crippen LogP contribution is -2.17. The molecule has 1 atom stereocenters. The first-order valence-electron chi connectivity index (χ1n) is 6.21. The Labute approximate surface area is 116 Å². The Kier molecular flexibility index (Phi) is 3.65. The van der Waals surface area contributed by atoms with E-state index in [2.05, 4.69) is 5.10 Å². The minimum atomic E-state index is -0.580. The van der Waals surface area contributed by atoms with Crippen LogP contribution in [0, 0.1) is 24.0 Å². The van der Waals surface area contributed by atoms with Gasteiger partial charge in [0.05, 0.1) is 17.4 Å². The van der Waals surface area contributed by atoms with E-state index in [4.69, 9.17) is 0 Å². The summed E-state index contributed by atoms with van der Waals surface area (Å²) < 4.78 is 1.32. The number of carbonyl (C=O) groups is 1. The average molecular weight is 273 g/mol. The molecule has 0 aliphatic heterocycles. The number of Topliss-reactive ketones (excluding diaryl/α,β-unsaturated/α-hetero) is 1. The molecule has 2 rings (SSSR count). The molecule has 1 unspecified atom stereocenters. The van der Waals surface area contributed by atoms with Crippen LogP contribution >= 0.6 is 0 Å². The van der Waals surface area contributed by atoms with E-state index in [1.54, 1.807) is 13.0 Å². The van der Waals surface area contributed by atoms with Gasteiger partial charge in [-0.1, -0.05) is 12.1 Å². The molecule has 0 aliphatic carbocycles. The van der Waals surface area contributed by atoms with Crippen molar-refractivity contribution in [1.82, 2.24) is 9.78 Å². The smallest absolute Gasteiger partial charge is 0.358 e. The van der Waals surface area contributed by atoms with Crippen LogP contribution in [0.1, 0.15) is 34.5 Å². The first kappa shape index (κ1) is 13.9. The molecule has 0 amide bonds. The Morgan fingerprint density at radius 3 is 2.55 bits per heavy atom. The fourth-order valence-electron chi connectivity index (χ4n) is 1.90. The van der Waals surface area contributed by atoms with Gasteiger partial charge in [-0.25, -0.2) is 0 Å². The van der Waals surface area contributed by atoms with E-state index in [-0.39, 0.29) is 11.6 Å². The molecule has 0 spiro atoms. The molecule has 0 N–H and O–H groups in total. The van der Waals surface area contributed by atoms with Crippen LogP contribution in [0.25, 0.3) is 0 Å². The largest absolute Gasteiger partial charge is 0.389 e. The average Bonchev–Trinajstić information content (AvgIpc) is 2.90. The highest BCUT2D eigenvalue weighted by Crippen LogP contribution is 2.18. The van der Waals surface area contributed by atoms with Gasteiger partial charge in [0.2, 0.25) is 0 Å². The van der Waals surface area contributed by atoms with Crippen molar-refractivity contribution in [2.75, 3.05) is 0 Å². The fraction of sp³-hybridized carbons (Fsp3) is 0.286. The third kappa shape index (κ3) is 2.59. The predicted octanol–water partition coefficient (Wildman–Crippen LogP) is 2.85. The topological polar surface area (TPSA) is 78.0 Å². The highest BCUT2D eigenvalue weighted by Gasteiger charge is 2.22. The van der Waals surface area contributed by atoms with E-state index >= 15 is 0 Å². The number of hydrogen-bond donors (Lipinski definition) is 0. The van der Waals surface area contributed by atoms with Gasteiger partial charge in [0.1, 0.15) is 6.04 Å². The molecule has 1 heterocycles. The first-order chi connectivity index (χ1) is 9.40. The molecule has 0 aliphatic rings. The zero-order valence-corrected chi connectivity index (χ0v) is 11.5. The third-order valence-corrected chi connectivity index (χ3v) is 3.35. The van der Waals surface area contributed by atoms with Crippen molar-refractivity contribution in [3.63, 3.8) is 0 Å². The molecule has 6 nitrogen and oxygen atoms in total. The fourth-order valence-corrected chi connectivity index (χ4v) is 1.90. The number of aromatic nitrogens is 2. The number of nitro groups is 1. The van der Waals surface area contributed by atoms with Crippen LogP contribution in [0.15, 0.2) is 30.5 Å². The van der Waals surface area contributed by atoms with Gasteiger partial charge in [-0.15, -0.1) is 0 Å². The summed E-state index contributed by atoms with van der Waals surface area (Å²) in [6, 6.07) is 6.18. The van der Waals surface area contributed by atoms with Crippen LogP contribution in [-0.2, 0) is 0 Å². The molecule has 0 fully saturated rings. The SMILES string of the molecule is Cc1ccc(C(=O)C(C)n2ccc([N+](=O)[O-])n2)cc1C. The Morgan fingerprint density at radius 2 is 2.00 bits per heavy atom. The number of benzene rings is 1. The standard InChI is InChI=1S/C14H15N3O3/c1-9-4-5-12(8-10(9)2)14(18)11(3)16-7-6-13(15-16)17(19)20/h4-8,11H,1-3H3. The molecule has 20 heavy (non-hydrogen) atoms. The van der Waals surface area contributed by atoms with Gasteiger partial charge in [-0.05, 0) is 42.9 Å². The van der Waals surface area contributed by atoms with Gasteiger partial charge >= 0.3 is 5.82 Å². The first-order valence-corrected chi connectivity index (χ1v) is 6.21. The van der Waals surface area contributed by atoms with Gasteiger partial charge in [0, 0.05) is 5.56 Å². The maximum atomic E-state index is 12.4. The second-order valence-electron chi connectivity index (χ2n) is 4.75. The predicted molar refractivity (Wildman–Crippen MR) is 73.8 cm³/mol. The number of aryl methyl sites for hydroxylation is 2. The van der Waals surface area contributed by atoms with Gasteiger partial charge in [-0.3, -0.25) is 4.79 Å². The molecule has 6 heteroatoms. The quantitative estimate of drug-likeness (QED) is 0.487. The highest BCUT2D eigenvalue weighted by molar-refractivity contribution is 5.98. The van der Waals surface area contributed by atoms with Crippen molar-refractivity contribution in [3.8, 4) is 0 Å². The van der Waals surface area contributed by atoms with Gasteiger partial charge in [0.25, 0.3) is 0 Å². The van der Waals surface area contributed by atoms with Crippen LogP contribution in [0.2, 0.25) is 0 Å². The normalized spacial score (nSPS) is 12.2. The van der Waals surface area contributed by atoms with Crippen molar-refractivity contribution in [2.45, 2.75) is 26.8 Å². The summed E-state index contributed by atoms with van der Waals surface area (Å²) in [5.41, 5.74) is 2.73. The summed E-state index contributed by atoms with van der Waals surface area (Å²) in [7, 11) is 0. The number of nitrogens with zero attached hydrogens (tertiary/aromatic N) is 3. The maximum Gasteiger partial charge on any atom is 0.389 e. The van der Waals surface area contributed by atoms with Gasteiger partial charge in [0.15, 0.2) is 5.78 Å². The van der Waals surface area contributed by atoms with Crippen molar-refractivity contribution in [2.24, 2.45) is 0 Å². The maximum absolute atomic E-state index is 12.4. The van der Waals surface area contributed by atoms with Crippen molar-refractivity contribution >= 4 is 11.6 Å². The van der Waals surface area contributed by atoms with E-state index in [0.717, 1.165) is 11.1 Å². The van der Waals surface area contributed by atoms with E-state index < -0.39 is 11.0 Å². The van der Waals surface area contributed by atoms with Crippen LogP contribution in [-0.4, -0.2) is 20.5 Å². The van der Waals surface area contributed by atoms with Crippen molar-refractivity contribution in [1.29, 1.82) is 0 Å². The summed E-state index contributed by atoms with van der Waals surface area (Å²) in [6.45, 7) is 5.59. The molecule has 0 radical (unpaired) electrons. The molecule has 104 valence electrons. The molecule has 2 aromatic rings. The van der Waals surface area contributed by atoms with Crippen molar-refractivity contribution < 1.29 is 9.72 Å². The second kappa shape index (κ2) is 5.24. The van der Waals surface area contributed by atoms with Crippen molar-refractivity contribution in [3.05, 3.63) is 57.3 Å². The van der Waals surface area contributed by atoms with E-state index in [1.807, 2.05) is 26.0 Å². The summed E-state index contributed by atoms with van der Waals surface area (Å²) in [5.74, 6) is -0.379. The summed E-state index contributed by atoms with van der Waals surface area (Å²) in [6.07, 6.45) is 1.45. The summed E-state index contributed by atoms with van der Waals surface area (Å²) in [4.78, 5) is 22.4. The molecular formula is C14H15N3O3. The zero-order valence-electron chi connectivity index (χ0n) is 11.5. The van der Waals surface area contributed by atoms with Crippen LogP contribution in [0.3, 0.4) is 0 Å². The number of ketones is 1. The Bertz CT molecular complexity index is 676. The molecule has 1 aromatic carbocycles. The minimum absolute atomic E-state index is 0.119.